The molecule has 0 radical (unpaired) electrons. The summed E-state index contributed by atoms with van der Waals surface area (Å²) in [5.41, 5.74) is 0. The van der Waals surface area contributed by atoms with Crippen molar-refractivity contribution < 1.29 is 9.53 Å². The molecular weight excluding hydrogens is 248 g/mol. The summed E-state index contributed by atoms with van der Waals surface area (Å²) in [4.78, 5) is 12.3. The number of fused-ring (bicyclic) bond motifs is 1. The first kappa shape index (κ1) is 13.2. The summed E-state index contributed by atoms with van der Waals surface area (Å²) >= 11 is 0. The molecule has 1 aliphatic carbocycles. The van der Waals surface area contributed by atoms with Gasteiger partial charge in [0.05, 0.1) is 5.92 Å². The predicted molar refractivity (Wildman–Crippen MR) is 80.7 cm³/mol. The van der Waals surface area contributed by atoms with Gasteiger partial charge in [0.15, 0.2) is 0 Å². The maximum atomic E-state index is 12.3. The molecule has 0 N–H and O–H groups in total. The van der Waals surface area contributed by atoms with Gasteiger partial charge >= 0.3 is 5.97 Å². The molecule has 104 valence electrons. The summed E-state index contributed by atoms with van der Waals surface area (Å²) in [6.45, 7) is 2.26. The molecule has 1 fully saturated rings. The van der Waals surface area contributed by atoms with Crippen LogP contribution in [0.25, 0.3) is 10.8 Å². The molecule has 0 atom stereocenters. The minimum absolute atomic E-state index is 0.0618. The zero-order chi connectivity index (χ0) is 13.9. The highest BCUT2D eigenvalue weighted by Crippen LogP contribution is 2.31. The molecule has 0 aliphatic heterocycles. The second-order valence-corrected chi connectivity index (χ2v) is 5.86. The highest BCUT2D eigenvalue weighted by Gasteiger charge is 2.26. The summed E-state index contributed by atoms with van der Waals surface area (Å²) in [5, 5.41) is 2.11. The molecule has 2 heteroatoms. The summed E-state index contributed by atoms with van der Waals surface area (Å²) in [7, 11) is 0. The second-order valence-electron chi connectivity index (χ2n) is 5.86. The van der Waals surface area contributed by atoms with Crippen LogP contribution in [0.1, 0.15) is 32.6 Å². The molecular formula is C18H20O2. The van der Waals surface area contributed by atoms with Crippen molar-refractivity contribution >= 4 is 16.7 Å². The van der Waals surface area contributed by atoms with E-state index in [9.17, 15) is 4.79 Å². The lowest BCUT2D eigenvalue weighted by Gasteiger charge is -2.24. The molecule has 0 spiro atoms. The van der Waals surface area contributed by atoms with Crippen LogP contribution in [0.15, 0.2) is 42.5 Å². The van der Waals surface area contributed by atoms with Crippen LogP contribution in [0.4, 0.5) is 0 Å². The Morgan fingerprint density at radius 3 is 2.50 bits per heavy atom. The van der Waals surface area contributed by atoms with E-state index in [1.807, 2.05) is 42.5 Å². The molecule has 2 aromatic carbocycles. The van der Waals surface area contributed by atoms with Gasteiger partial charge in [-0.25, -0.2) is 0 Å². The van der Waals surface area contributed by atoms with Gasteiger partial charge in [-0.05, 0) is 43.1 Å². The Labute approximate surface area is 119 Å². The van der Waals surface area contributed by atoms with Crippen LogP contribution < -0.4 is 4.74 Å². The minimum atomic E-state index is -0.0618. The van der Waals surface area contributed by atoms with Gasteiger partial charge in [0.1, 0.15) is 5.75 Å². The first-order chi connectivity index (χ1) is 9.74. The fourth-order valence-corrected chi connectivity index (χ4v) is 2.97. The van der Waals surface area contributed by atoms with E-state index in [1.165, 1.54) is 0 Å². The van der Waals surface area contributed by atoms with E-state index in [2.05, 4.69) is 6.92 Å². The van der Waals surface area contributed by atoms with Crippen molar-refractivity contribution in [3.8, 4) is 5.75 Å². The third kappa shape index (κ3) is 2.69. The molecule has 3 rings (SSSR count). The monoisotopic (exact) mass is 268 g/mol. The quantitative estimate of drug-likeness (QED) is 0.589. The lowest BCUT2D eigenvalue weighted by atomic mass is 9.83. The van der Waals surface area contributed by atoms with E-state index in [0.717, 1.165) is 42.4 Å². The van der Waals surface area contributed by atoms with Gasteiger partial charge in [0.25, 0.3) is 0 Å². The van der Waals surface area contributed by atoms with E-state index in [0.29, 0.717) is 5.75 Å². The van der Waals surface area contributed by atoms with E-state index in [4.69, 9.17) is 4.74 Å². The van der Waals surface area contributed by atoms with Crippen molar-refractivity contribution in [2.45, 2.75) is 32.6 Å². The van der Waals surface area contributed by atoms with Gasteiger partial charge in [-0.2, -0.15) is 0 Å². The van der Waals surface area contributed by atoms with Crippen LogP contribution >= 0.6 is 0 Å². The lowest BCUT2D eigenvalue weighted by Crippen LogP contribution is -2.25. The molecule has 20 heavy (non-hydrogen) atoms. The standard InChI is InChI=1S/C18H20O2/c1-13-9-11-15(12-10-13)18(19)20-17-8-4-6-14-5-2-3-7-16(14)17/h2-8,13,15H,9-12H2,1H3. The Morgan fingerprint density at radius 2 is 1.70 bits per heavy atom. The summed E-state index contributed by atoms with van der Waals surface area (Å²) in [6, 6.07) is 13.9. The predicted octanol–water partition coefficient (Wildman–Crippen LogP) is 4.57. The molecule has 0 amide bonds. The van der Waals surface area contributed by atoms with Gasteiger partial charge in [-0.1, -0.05) is 43.3 Å². The zero-order valence-corrected chi connectivity index (χ0v) is 11.8. The Kier molecular flexibility index (Phi) is 3.72. The number of esters is 1. The number of carbonyl (C=O) groups excluding carboxylic acids is 1. The maximum absolute atomic E-state index is 12.3. The first-order valence-corrected chi connectivity index (χ1v) is 7.43. The van der Waals surface area contributed by atoms with Crippen LogP contribution in [0.5, 0.6) is 5.75 Å². The molecule has 0 aromatic heterocycles. The van der Waals surface area contributed by atoms with Crippen molar-refractivity contribution in [3.63, 3.8) is 0 Å². The van der Waals surface area contributed by atoms with Gasteiger partial charge in [0, 0.05) is 5.39 Å². The van der Waals surface area contributed by atoms with Crippen molar-refractivity contribution in [3.05, 3.63) is 42.5 Å². The van der Waals surface area contributed by atoms with Crippen molar-refractivity contribution in [2.24, 2.45) is 11.8 Å². The zero-order valence-electron chi connectivity index (χ0n) is 11.8. The number of hydrogen-bond donors (Lipinski definition) is 0. The Balaban J connectivity index is 1.77. The van der Waals surface area contributed by atoms with Crippen LogP contribution in [-0.2, 0) is 4.79 Å². The Hall–Kier alpha value is -1.83. The van der Waals surface area contributed by atoms with Crippen molar-refractivity contribution in [1.29, 1.82) is 0 Å². The minimum Gasteiger partial charge on any atom is -0.426 e. The van der Waals surface area contributed by atoms with E-state index >= 15 is 0 Å². The molecule has 0 heterocycles. The van der Waals surface area contributed by atoms with Gasteiger partial charge in [0.2, 0.25) is 0 Å². The van der Waals surface area contributed by atoms with Crippen molar-refractivity contribution in [1.82, 2.24) is 0 Å². The topological polar surface area (TPSA) is 26.3 Å². The van der Waals surface area contributed by atoms with Crippen LogP contribution in [0.2, 0.25) is 0 Å². The van der Waals surface area contributed by atoms with E-state index in [-0.39, 0.29) is 11.9 Å². The summed E-state index contributed by atoms with van der Waals surface area (Å²) < 4.78 is 5.66. The highest BCUT2D eigenvalue weighted by molar-refractivity contribution is 5.90. The van der Waals surface area contributed by atoms with Gasteiger partial charge < -0.3 is 4.74 Å². The summed E-state index contributed by atoms with van der Waals surface area (Å²) in [5.74, 6) is 1.45. The first-order valence-electron chi connectivity index (χ1n) is 7.43. The highest BCUT2D eigenvalue weighted by atomic mass is 16.5. The molecule has 1 aliphatic rings. The van der Waals surface area contributed by atoms with Crippen molar-refractivity contribution in [2.75, 3.05) is 0 Å². The fourth-order valence-electron chi connectivity index (χ4n) is 2.97. The normalized spacial score (nSPS) is 22.6. The average Bonchev–Trinajstić information content (AvgIpc) is 2.48. The average molecular weight is 268 g/mol. The van der Waals surface area contributed by atoms with E-state index < -0.39 is 0 Å². The Morgan fingerprint density at radius 1 is 1.00 bits per heavy atom. The number of hydrogen-bond acceptors (Lipinski definition) is 2. The number of benzene rings is 2. The lowest BCUT2D eigenvalue weighted by molar-refractivity contribution is -0.140. The molecule has 1 saturated carbocycles. The fraction of sp³-hybridized carbons (Fsp3) is 0.389. The number of carbonyl (C=O) groups is 1. The third-order valence-corrected chi connectivity index (χ3v) is 4.31. The molecule has 2 nitrogen and oxygen atoms in total. The van der Waals surface area contributed by atoms with E-state index in [1.54, 1.807) is 0 Å². The van der Waals surface area contributed by atoms with Gasteiger partial charge in [-0.3, -0.25) is 4.79 Å². The smallest absolute Gasteiger partial charge is 0.314 e. The maximum Gasteiger partial charge on any atom is 0.314 e. The largest absolute Gasteiger partial charge is 0.426 e. The van der Waals surface area contributed by atoms with Crippen LogP contribution in [-0.4, -0.2) is 5.97 Å². The Bertz CT molecular complexity index is 604. The molecule has 0 unspecified atom stereocenters. The second kappa shape index (κ2) is 5.66. The molecule has 2 aromatic rings. The van der Waals surface area contributed by atoms with Crippen LogP contribution in [0.3, 0.4) is 0 Å². The third-order valence-electron chi connectivity index (χ3n) is 4.31. The number of ether oxygens (including phenoxy) is 1. The number of rotatable bonds is 2. The van der Waals surface area contributed by atoms with Crippen LogP contribution in [0, 0.1) is 11.8 Å². The molecule has 0 saturated heterocycles. The SMILES string of the molecule is CC1CCC(C(=O)Oc2cccc3ccccc23)CC1. The van der Waals surface area contributed by atoms with Gasteiger partial charge in [-0.15, -0.1) is 0 Å². The molecule has 0 bridgehead atoms. The summed E-state index contributed by atoms with van der Waals surface area (Å²) in [6.07, 6.45) is 4.19.